The predicted octanol–water partition coefficient (Wildman–Crippen LogP) is 1.51. The van der Waals surface area contributed by atoms with Gasteiger partial charge in [0, 0.05) is 50.7 Å². The predicted molar refractivity (Wildman–Crippen MR) is 100 cm³/mol. The molecular formula is C19H21N5O3. The van der Waals surface area contributed by atoms with Crippen LogP contribution in [0.4, 0.5) is 5.82 Å². The quantitative estimate of drug-likeness (QED) is 0.707. The number of anilines is 1. The molecule has 0 amide bonds. The number of carboxylic acid groups (broad SMARTS) is 1. The Morgan fingerprint density at radius 1 is 1.11 bits per heavy atom. The second-order valence-corrected chi connectivity index (χ2v) is 6.47. The molecule has 1 saturated heterocycles. The van der Waals surface area contributed by atoms with Crippen LogP contribution in [0.5, 0.6) is 5.75 Å². The molecule has 0 aliphatic carbocycles. The molecule has 0 unspecified atom stereocenters. The van der Waals surface area contributed by atoms with Crippen LogP contribution in [0.15, 0.2) is 48.8 Å². The van der Waals surface area contributed by atoms with Crippen molar-refractivity contribution in [2.45, 2.75) is 6.54 Å². The van der Waals surface area contributed by atoms with Gasteiger partial charge in [-0.1, -0.05) is 18.2 Å². The average molecular weight is 367 g/mol. The maximum atomic E-state index is 10.8. The molecule has 8 heteroatoms. The Kier molecular flexibility index (Phi) is 4.88. The summed E-state index contributed by atoms with van der Waals surface area (Å²) in [4.78, 5) is 19.6. The lowest BCUT2D eigenvalue weighted by atomic mass is 10.1. The Bertz CT molecular complexity index is 934. The van der Waals surface area contributed by atoms with Gasteiger partial charge in [0.2, 0.25) is 0 Å². The van der Waals surface area contributed by atoms with Crippen LogP contribution in [0.2, 0.25) is 0 Å². The van der Waals surface area contributed by atoms with Gasteiger partial charge in [-0.05, 0) is 18.2 Å². The third-order valence-corrected chi connectivity index (χ3v) is 4.66. The third kappa shape index (κ3) is 4.01. The smallest absolute Gasteiger partial charge is 0.341 e. The number of hydrogen-bond acceptors (Lipinski definition) is 6. The molecule has 0 atom stereocenters. The van der Waals surface area contributed by atoms with E-state index in [1.54, 1.807) is 10.7 Å². The normalized spacial score (nSPS) is 15.2. The van der Waals surface area contributed by atoms with Gasteiger partial charge in [0.15, 0.2) is 12.3 Å². The molecule has 0 radical (unpaired) electrons. The highest BCUT2D eigenvalue weighted by molar-refractivity contribution is 5.68. The van der Waals surface area contributed by atoms with Gasteiger partial charge >= 0.3 is 5.97 Å². The number of rotatable bonds is 6. The fourth-order valence-electron chi connectivity index (χ4n) is 3.26. The number of carboxylic acids is 1. The monoisotopic (exact) mass is 367 g/mol. The van der Waals surface area contributed by atoms with E-state index >= 15 is 0 Å². The molecule has 1 N–H and O–H groups in total. The summed E-state index contributed by atoms with van der Waals surface area (Å²) in [6.45, 7) is 3.97. The van der Waals surface area contributed by atoms with Gasteiger partial charge in [0.1, 0.15) is 11.6 Å². The minimum atomic E-state index is -0.972. The number of fused-ring (bicyclic) bond motifs is 1. The molecular weight excluding hydrogens is 346 g/mol. The number of ether oxygens (including phenoxy) is 1. The number of benzene rings is 1. The van der Waals surface area contributed by atoms with E-state index in [4.69, 9.17) is 9.84 Å². The van der Waals surface area contributed by atoms with Gasteiger partial charge in [-0.25, -0.2) is 14.3 Å². The average Bonchev–Trinajstić information content (AvgIpc) is 3.16. The van der Waals surface area contributed by atoms with E-state index in [-0.39, 0.29) is 6.61 Å². The van der Waals surface area contributed by atoms with Crippen LogP contribution in [-0.2, 0) is 11.3 Å². The Morgan fingerprint density at radius 3 is 2.74 bits per heavy atom. The number of piperazine rings is 1. The Balaban J connectivity index is 1.37. The minimum absolute atomic E-state index is 0.326. The highest BCUT2D eigenvalue weighted by Crippen LogP contribution is 2.21. The number of imidazole rings is 1. The van der Waals surface area contributed by atoms with Gasteiger partial charge in [-0.2, -0.15) is 0 Å². The van der Waals surface area contributed by atoms with Crippen LogP contribution in [0.25, 0.3) is 5.65 Å². The molecule has 1 aliphatic heterocycles. The van der Waals surface area contributed by atoms with E-state index in [2.05, 4.69) is 19.9 Å². The number of aromatic nitrogens is 3. The Labute approximate surface area is 156 Å². The van der Waals surface area contributed by atoms with Crippen LogP contribution < -0.4 is 9.64 Å². The fraction of sp³-hybridized carbons (Fsp3) is 0.316. The first-order chi connectivity index (χ1) is 13.2. The van der Waals surface area contributed by atoms with Crippen molar-refractivity contribution in [2.75, 3.05) is 37.7 Å². The van der Waals surface area contributed by atoms with Crippen molar-refractivity contribution in [3.05, 3.63) is 54.4 Å². The van der Waals surface area contributed by atoms with Crippen molar-refractivity contribution in [3.8, 4) is 5.75 Å². The van der Waals surface area contributed by atoms with Crippen molar-refractivity contribution >= 4 is 17.4 Å². The molecule has 1 aromatic carbocycles. The summed E-state index contributed by atoms with van der Waals surface area (Å²) < 4.78 is 7.20. The standard InChI is InChI=1S/C19H21N5O3/c25-19(26)14-27-16-4-2-1-3-15(16)13-22-9-11-23(12-10-22)18-6-5-17-20-7-8-24(17)21-18/h1-8H,9-14H2,(H,25,26). The SMILES string of the molecule is O=C(O)COc1ccccc1CN1CCN(c2ccc3nccn3n2)CC1. The van der Waals surface area contributed by atoms with Gasteiger partial charge in [-0.3, -0.25) is 4.90 Å². The van der Waals surface area contributed by atoms with Crippen molar-refractivity contribution in [3.63, 3.8) is 0 Å². The molecule has 0 bridgehead atoms. The van der Waals surface area contributed by atoms with Crippen LogP contribution in [-0.4, -0.2) is 63.4 Å². The van der Waals surface area contributed by atoms with Gasteiger partial charge in [0.05, 0.1) is 0 Å². The molecule has 140 valence electrons. The van der Waals surface area contributed by atoms with Gasteiger partial charge in [0.25, 0.3) is 0 Å². The van der Waals surface area contributed by atoms with E-state index in [1.807, 2.05) is 42.6 Å². The molecule has 4 rings (SSSR count). The lowest BCUT2D eigenvalue weighted by Crippen LogP contribution is -2.46. The molecule has 1 aliphatic rings. The lowest BCUT2D eigenvalue weighted by Gasteiger charge is -2.35. The molecule has 0 saturated carbocycles. The first kappa shape index (κ1) is 17.3. The number of para-hydroxylation sites is 1. The largest absolute Gasteiger partial charge is 0.482 e. The van der Waals surface area contributed by atoms with E-state index in [0.717, 1.165) is 49.8 Å². The summed E-state index contributed by atoms with van der Waals surface area (Å²) in [7, 11) is 0. The number of carbonyl (C=O) groups is 1. The van der Waals surface area contributed by atoms with Gasteiger partial charge in [-0.15, -0.1) is 5.10 Å². The molecule has 27 heavy (non-hydrogen) atoms. The van der Waals surface area contributed by atoms with Crippen LogP contribution in [0.3, 0.4) is 0 Å². The number of hydrogen-bond donors (Lipinski definition) is 1. The van der Waals surface area contributed by atoms with Gasteiger partial charge < -0.3 is 14.7 Å². The zero-order chi connectivity index (χ0) is 18.6. The summed E-state index contributed by atoms with van der Waals surface area (Å²) in [5.74, 6) is 0.612. The first-order valence-corrected chi connectivity index (χ1v) is 8.89. The van der Waals surface area contributed by atoms with Crippen LogP contribution >= 0.6 is 0 Å². The molecule has 3 aromatic rings. The summed E-state index contributed by atoms with van der Waals surface area (Å²) in [6, 6.07) is 11.6. The summed E-state index contributed by atoms with van der Waals surface area (Å²) >= 11 is 0. The van der Waals surface area contributed by atoms with E-state index in [9.17, 15) is 4.79 Å². The van der Waals surface area contributed by atoms with Crippen LogP contribution in [0.1, 0.15) is 5.56 Å². The highest BCUT2D eigenvalue weighted by Gasteiger charge is 2.19. The van der Waals surface area contributed by atoms with Crippen molar-refractivity contribution in [1.29, 1.82) is 0 Å². The Hall–Kier alpha value is -3.13. The van der Waals surface area contributed by atoms with E-state index in [0.29, 0.717) is 5.75 Å². The Morgan fingerprint density at radius 2 is 1.93 bits per heavy atom. The van der Waals surface area contributed by atoms with Crippen LogP contribution in [0, 0.1) is 0 Å². The van der Waals surface area contributed by atoms with Crippen molar-refractivity contribution in [2.24, 2.45) is 0 Å². The summed E-state index contributed by atoms with van der Waals surface area (Å²) in [5.41, 5.74) is 1.85. The minimum Gasteiger partial charge on any atom is -0.482 e. The third-order valence-electron chi connectivity index (χ3n) is 4.66. The topological polar surface area (TPSA) is 83.2 Å². The molecule has 3 heterocycles. The van der Waals surface area contributed by atoms with E-state index < -0.39 is 5.97 Å². The second kappa shape index (κ2) is 7.63. The zero-order valence-electron chi connectivity index (χ0n) is 14.9. The first-order valence-electron chi connectivity index (χ1n) is 8.89. The molecule has 0 spiro atoms. The lowest BCUT2D eigenvalue weighted by molar-refractivity contribution is -0.139. The highest BCUT2D eigenvalue weighted by atomic mass is 16.5. The zero-order valence-corrected chi connectivity index (χ0v) is 14.9. The summed E-state index contributed by atoms with van der Waals surface area (Å²) in [5, 5.41) is 13.4. The number of aliphatic carboxylic acids is 1. The van der Waals surface area contributed by atoms with Crippen molar-refractivity contribution < 1.29 is 14.6 Å². The molecule has 2 aromatic heterocycles. The second-order valence-electron chi connectivity index (χ2n) is 6.47. The fourth-order valence-corrected chi connectivity index (χ4v) is 3.26. The maximum absolute atomic E-state index is 10.8. The summed E-state index contributed by atoms with van der Waals surface area (Å²) in [6.07, 6.45) is 3.59. The maximum Gasteiger partial charge on any atom is 0.341 e. The van der Waals surface area contributed by atoms with E-state index in [1.165, 1.54) is 0 Å². The van der Waals surface area contributed by atoms with Crippen molar-refractivity contribution in [1.82, 2.24) is 19.5 Å². The molecule has 8 nitrogen and oxygen atoms in total. The molecule has 1 fully saturated rings. The number of nitrogens with zero attached hydrogens (tertiary/aromatic N) is 5.